The van der Waals surface area contributed by atoms with Gasteiger partial charge in [-0.25, -0.2) is 0 Å². The average molecular weight is 225 g/mol. The largest absolute Gasteiger partial charge is 0.330 e. The first-order chi connectivity index (χ1) is 7.69. The summed E-state index contributed by atoms with van der Waals surface area (Å²) in [6.45, 7) is 7.98. The van der Waals surface area contributed by atoms with Gasteiger partial charge in [-0.2, -0.15) is 0 Å². The van der Waals surface area contributed by atoms with Crippen molar-refractivity contribution in [3.05, 3.63) is 0 Å². The zero-order valence-corrected chi connectivity index (χ0v) is 11.5. The highest BCUT2D eigenvalue weighted by atomic mass is 14.6. The summed E-state index contributed by atoms with van der Waals surface area (Å²) in [6, 6.07) is 0. The Morgan fingerprint density at radius 2 is 1.88 bits per heavy atom. The molecular weight excluding hydrogens is 194 g/mol. The Hall–Kier alpha value is -0.0400. The van der Waals surface area contributed by atoms with Gasteiger partial charge in [-0.1, -0.05) is 46.5 Å². The molecule has 0 heterocycles. The Balaban J connectivity index is 2.40. The molecule has 3 unspecified atom stereocenters. The summed E-state index contributed by atoms with van der Waals surface area (Å²) >= 11 is 0. The zero-order chi connectivity index (χ0) is 12.0. The van der Waals surface area contributed by atoms with Crippen LogP contribution in [0.1, 0.15) is 65.7 Å². The van der Waals surface area contributed by atoms with Gasteiger partial charge < -0.3 is 5.73 Å². The highest BCUT2D eigenvalue weighted by molar-refractivity contribution is 4.82. The molecule has 0 spiro atoms. The van der Waals surface area contributed by atoms with Crippen LogP contribution in [0.2, 0.25) is 0 Å². The first kappa shape index (κ1) is 14.0. The van der Waals surface area contributed by atoms with Crippen LogP contribution >= 0.6 is 0 Å². The third-order valence-corrected chi connectivity index (χ3v) is 4.60. The van der Waals surface area contributed by atoms with Crippen LogP contribution < -0.4 is 5.73 Å². The lowest BCUT2D eigenvalue weighted by Gasteiger charge is -2.37. The Morgan fingerprint density at radius 3 is 2.44 bits per heavy atom. The smallest absolute Gasteiger partial charge is 0.00462 e. The molecule has 1 nitrogen and oxygen atoms in total. The van der Waals surface area contributed by atoms with Crippen molar-refractivity contribution in [1.82, 2.24) is 0 Å². The molecule has 3 atom stereocenters. The van der Waals surface area contributed by atoms with Crippen molar-refractivity contribution in [3.8, 4) is 0 Å². The van der Waals surface area contributed by atoms with Crippen LogP contribution in [-0.4, -0.2) is 6.54 Å². The van der Waals surface area contributed by atoms with Crippen LogP contribution in [0.3, 0.4) is 0 Å². The minimum Gasteiger partial charge on any atom is -0.330 e. The molecule has 1 aliphatic rings. The third kappa shape index (κ3) is 4.08. The third-order valence-electron chi connectivity index (χ3n) is 4.60. The van der Waals surface area contributed by atoms with Gasteiger partial charge in [-0.15, -0.1) is 0 Å². The summed E-state index contributed by atoms with van der Waals surface area (Å²) in [5.41, 5.74) is 5.92. The molecule has 0 aromatic heterocycles. The molecule has 1 fully saturated rings. The molecule has 0 aliphatic heterocycles. The van der Waals surface area contributed by atoms with Gasteiger partial charge in [0.05, 0.1) is 0 Å². The minimum atomic E-state index is 0.826. The van der Waals surface area contributed by atoms with Crippen molar-refractivity contribution >= 4 is 0 Å². The van der Waals surface area contributed by atoms with E-state index in [2.05, 4.69) is 20.8 Å². The van der Waals surface area contributed by atoms with Gasteiger partial charge in [0, 0.05) is 0 Å². The number of nitrogens with two attached hydrogens (primary N) is 1. The van der Waals surface area contributed by atoms with Crippen LogP contribution in [-0.2, 0) is 0 Å². The van der Waals surface area contributed by atoms with Gasteiger partial charge in [0.1, 0.15) is 0 Å². The van der Waals surface area contributed by atoms with E-state index in [-0.39, 0.29) is 0 Å². The predicted octanol–water partition coefficient (Wildman–Crippen LogP) is 4.21. The van der Waals surface area contributed by atoms with Crippen molar-refractivity contribution in [2.75, 3.05) is 6.54 Å². The Bertz CT molecular complexity index is 176. The summed E-state index contributed by atoms with van der Waals surface area (Å²) in [5.74, 6) is 3.59. The molecule has 1 aliphatic carbocycles. The Labute approximate surface area is 102 Å². The van der Waals surface area contributed by atoms with E-state index in [1.54, 1.807) is 0 Å². The Kier molecular flexibility index (Phi) is 6.41. The topological polar surface area (TPSA) is 26.0 Å². The van der Waals surface area contributed by atoms with E-state index in [0.717, 1.165) is 30.2 Å². The number of hydrogen-bond acceptors (Lipinski definition) is 1. The summed E-state index contributed by atoms with van der Waals surface area (Å²) in [6.07, 6.45) is 9.85. The fraction of sp³-hybridized carbons (Fsp3) is 1.00. The van der Waals surface area contributed by atoms with E-state index in [1.807, 2.05) is 0 Å². The predicted molar refractivity (Wildman–Crippen MR) is 72.4 cm³/mol. The molecule has 1 saturated carbocycles. The molecule has 1 rings (SSSR count). The van der Waals surface area contributed by atoms with Gasteiger partial charge >= 0.3 is 0 Å². The first-order valence-corrected chi connectivity index (χ1v) is 7.39. The molecule has 1 heteroatoms. The second-order valence-corrected chi connectivity index (χ2v) is 6.07. The highest BCUT2D eigenvalue weighted by Crippen LogP contribution is 2.39. The van der Waals surface area contributed by atoms with Crippen LogP contribution in [0.25, 0.3) is 0 Å². The quantitative estimate of drug-likeness (QED) is 0.673. The monoisotopic (exact) mass is 225 g/mol. The normalized spacial score (nSPS) is 30.9. The molecule has 0 aromatic carbocycles. The molecular formula is C15H31N. The van der Waals surface area contributed by atoms with Crippen LogP contribution in [0.4, 0.5) is 0 Å². The van der Waals surface area contributed by atoms with Crippen molar-refractivity contribution in [3.63, 3.8) is 0 Å². The second-order valence-electron chi connectivity index (χ2n) is 6.07. The average Bonchev–Trinajstić information content (AvgIpc) is 2.29. The molecule has 0 aromatic rings. The fourth-order valence-electron chi connectivity index (χ4n) is 3.29. The van der Waals surface area contributed by atoms with Crippen LogP contribution in [0, 0.1) is 23.7 Å². The van der Waals surface area contributed by atoms with Gasteiger partial charge in [-0.05, 0) is 49.5 Å². The van der Waals surface area contributed by atoms with Crippen molar-refractivity contribution < 1.29 is 0 Å². The first-order valence-electron chi connectivity index (χ1n) is 7.39. The van der Waals surface area contributed by atoms with Gasteiger partial charge in [-0.3, -0.25) is 0 Å². The molecule has 96 valence electrons. The second kappa shape index (κ2) is 7.32. The molecule has 0 bridgehead atoms. The van der Waals surface area contributed by atoms with Gasteiger partial charge in [0.25, 0.3) is 0 Å². The van der Waals surface area contributed by atoms with E-state index in [4.69, 9.17) is 5.73 Å². The number of hydrogen-bond donors (Lipinski definition) is 1. The van der Waals surface area contributed by atoms with Crippen LogP contribution in [0.15, 0.2) is 0 Å². The zero-order valence-electron chi connectivity index (χ0n) is 11.5. The molecule has 0 radical (unpaired) electrons. The van der Waals surface area contributed by atoms with E-state index >= 15 is 0 Å². The van der Waals surface area contributed by atoms with Crippen molar-refractivity contribution in [2.45, 2.75) is 65.7 Å². The van der Waals surface area contributed by atoms with E-state index in [1.165, 1.54) is 44.9 Å². The van der Waals surface area contributed by atoms with Crippen LogP contribution in [0.5, 0.6) is 0 Å². The molecule has 0 saturated heterocycles. The van der Waals surface area contributed by atoms with Crippen molar-refractivity contribution in [1.29, 1.82) is 0 Å². The number of unbranched alkanes of at least 4 members (excludes halogenated alkanes) is 2. The maximum atomic E-state index is 5.92. The molecule has 16 heavy (non-hydrogen) atoms. The molecule has 2 N–H and O–H groups in total. The SMILES string of the molecule is CCCCCC1CC(C(C)C)CCC1CN. The summed E-state index contributed by atoms with van der Waals surface area (Å²) in [7, 11) is 0. The van der Waals surface area contributed by atoms with Gasteiger partial charge in [0.2, 0.25) is 0 Å². The maximum absolute atomic E-state index is 5.92. The summed E-state index contributed by atoms with van der Waals surface area (Å²) in [4.78, 5) is 0. The Morgan fingerprint density at radius 1 is 1.12 bits per heavy atom. The lowest BCUT2D eigenvalue weighted by Crippen LogP contribution is -2.32. The van der Waals surface area contributed by atoms with E-state index < -0.39 is 0 Å². The standard InChI is InChI=1S/C15H31N/c1-4-5-6-7-14-10-13(12(2)3)8-9-15(14)11-16/h12-15H,4-11,16H2,1-3H3. The maximum Gasteiger partial charge on any atom is -0.00462 e. The highest BCUT2D eigenvalue weighted by Gasteiger charge is 2.30. The minimum absolute atomic E-state index is 0.826. The lowest BCUT2D eigenvalue weighted by atomic mass is 9.69. The lowest BCUT2D eigenvalue weighted by molar-refractivity contribution is 0.141. The number of rotatable bonds is 6. The van der Waals surface area contributed by atoms with E-state index in [9.17, 15) is 0 Å². The van der Waals surface area contributed by atoms with Crippen molar-refractivity contribution in [2.24, 2.45) is 29.4 Å². The fourth-order valence-corrected chi connectivity index (χ4v) is 3.29. The summed E-state index contributed by atoms with van der Waals surface area (Å²) in [5, 5.41) is 0. The summed E-state index contributed by atoms with van der Waals surface area (Å²) < 4.78 is 0. The van der Waals surface area contributed by atoms with Gasteiger partial charge in [0.15, 0.2) is 0 Å². The van der Waals surface area contributed by atoms with E-state index in [0.29, 0.717) is 0 Å². The molecule has 0 amide bonds.